The maximum atomic E-state index is 7.27. The van der Waals surface area contributed by atoms with E-state index >= 15 is 0 Å². The SMILES string of the molecule is Cc1cc(C2(c3ccccc3)C=Cc3c(cc(N4CC(C)OC(C)C4)c4ccccc34)O2)cc2c1OC(C)(C)C2. The number of hydrogen-bond acceptors (Lipinski definition) is 4. The second kappa shape index (κ2) is 9.14. The molecule has 0 aliphatic carbocycles. The minimum atomic E-state index is -0.758. The Morgan fingerprint density at radius 2 is 1.50 bits per heavy atom. The first-order valence-electron chi connectivity index (χ1n) is 14.5. The monoisotopic (exact) mass is 531 g/mol. The van der Waals surface area contributed by atoms with Crippen molar-refractivity contribution in [2.24, 2.45) is 0 Å². The number of rotatable bonds is 3. The summed E-state index contributed by atoms with van der Waals surface area (Å²) < 4.78 is 19.7. The molecule has 4 heteroatoms. The third-order valence-corrected chi connectivity index (χ3v) is 8.52. The topological polar surface area (TPSA) is 30.9 Å². The fourth-order valence-electron chi connectivity index (χ4n) is 6.93. The van der Waals surface area contributed by atoms with E-state index < -0.39 is 5.60 Å². The number of ether oxygens (including phenoxy) is 3. The molecule has 4 aromatic carbocycles. The van der Waals surface area contributed by atoms with E-state index in [0.29, 0.717) is 0 Å². The Morgan fingerprint density at radius 1 is 0.800 bits per heavy atom. The molecular formula is C36H37NO3. The van der Waals surface area contributed by atoms with Gasteiger partial charge in [0.2, 0.25) is 0 Å². The molecule has 0 bridgehead atoms. The molecule has 0 saturated carbocycles. The third kappa shape index (κ3) is 4.08. The molecule has 0 N–H and O–H groups in total. The highest BCUT2D eigenvalue weighted by molar-refractivity contribution is 6.02. The molecule has 0 amide bonds. The Balaban J connectivity index is 1.42. The molecule has 204 valence electrons. The first-order valence-corrected chi connectivity index (χ1v) is 14.5. The Bertz CT molecular complexity index is 1630. The van der Waals surface area contributed by atoms with E-state index in [1.165, 1.54) is 22.0 Å². The maximum Gasteiger partial charge on any atom is 0.178 e. The van der Waals surface area contributed by atoms with Crippen molar-refractivity contribution in [3.8, 4) is 11.5 Å². The zero-order valence-electron chi connectivity index (χ0n) is 24.0. The van der Waals surface area contributed by atoms with E-state index in [0.717, 1.165) is 53.3 Å². The van der Waals surface area contributed by atoms with Crippen molar-refractivity contribution >= 4 is 22.5 Å². The van der Waals surface area contributed by atoms with Crippen LogP contribution in [0.1, 0.15) is 55.5 Å². The minimum absolute atomic E-state index is 0.170. The van der Waals surface area contributed by atoms with Gasteiger partial charge < -0.3 is 19.1 Å². The number of morpholine rings is 1. The van der Waals surface area contributed by atoms with Crippen molar-refractivity contribution in [3.63, 3.8) is 0 Å². The smallest absolute Gasteiger partial charge is 0.178 e. The number of benzene rings is 4. The molecule has 3 aliphatic heterocycles. The predicted octanol–water partition coefficient (Wildman–Crippen LogP) is 7.82. The number of nitrogens with zero attached hydrogens (tertiary/aromatic N) is 1. The van der Waals surface area contributed by atoms with Gasteiger partial charge in [-0.2, -0.15) is 0 Å². The summed E-state index contributed by atoms with van der Waals surface area (Å²) in [6.07, 6.45) is 5.74. The van der Waals surface area contributed by atoms with E-state index in [1.807, 2.05) is 0 Å². The van der Waals surface area contributed by atoms with Gasteiger partial charge in [0, 0.05) is 53.3 Å². The van der Waals surface area contributed by atoms with Gasteiger partial charge in [-0.1, -0.05) is 54.6 Å². The molecule has 4 nitrogen and oxygen atoms in total. The van der Waals surface area contributed by atoms with Crippen LogP contribution in [-0.4, -0.2) is 30.9 Å². The average molecular weight is 532 g/mol. The molecule has 3 aliphatic rings. The van der Waals surface area contributed by atoms with Gasteiger partial charge in [0.15, 0.2) is 5.60 Å². The molecular weight excluding hydrogens is 494 g/mol. The molecule has 1 fully saturated rings. The highest BCUT2D eigenvalue weighted by atomic mass is 16.5. The van der Waals surface area contributed by atoms with Gasteiger partial charge >= 0.3 is 0 Å². The summed E-state index contributed by atoms with van der Waals surface area (Å²) in [6.45, 7) is 12.5. The summed E-state index contributed by atoms with van der Waals surface area (Å²) in [5.74, 6) is 1.92. The van der Waals surface area contributed by atoms with E-state index in [2.05, 4.69) is 124 Å². The first-order chi connectivity index (χ1) is 19.2. The number of hydrogen-bond donors (Lipinski definition) is 0. The van der Waals surface area contributed by atoms with E-state index in [9.17, 15) is 0 Å². The lowest BCUT2D eigenvalue weighted by atomic mass is 9.81. The Morgan fingerprint density at radius 3 is 2.25 bits per heavy atom. The van der Waals surface area contributed by atoms with Crippen LogP contribution in [0.2, 0.25) is 0 Å². The maximum absolute atomic E-state index is 7.27. The van der Waals surface area contributed by atoms with Crippen LogP contribution in [0.5, 0.6) is 11.5 Å². The van der Waals surface area contributed by atoms with E-state index in [1.54, 1.807) is 0 Å². The second-order valence-corrected chi connectivity index (χ2v) is 12.4. The van der Waals surface area contributed by atoms with Gasteiger partial charge in [0.1, 0.15) is 17.1 Å². The second-order valence-electron chi connectivity index (χ2n) is 12.4. The van der Waals surface area contributed by atoms with Crippen molar-refractivity contribution in [1.82, 2.24) is 0 Å². The van der Waals surface area contributed by atoms with Gasteiger partial charge in [-0.3, -0.25) is 0 Å². The number of fused-ring (bicyclic) bond motifs is 4. The van der Waals surface area contributed by atoms with Crippen LogP contribution >= 0.6 is 0 Å². The van der Waals surface area contributed by atoms with Crippen molar-refractivity contribution < 1.29 is 14.2 Å². The van der Waals surface area contributed by atoms with Crippen LogP contribution < -0.4 is 14.4 Å². The molecule has 3 unspecified atom stereocenters. The molecule has 7 rings (SSSR count). The van der Waals surface area contributed by atoms with Gasteiger partial charge in [-0.05, 0) is 75.4 Å². The Labute approximate surface area is 237 Å². The molecule has 3 atom stereocenters. The molecule has 0 aromatic heterocycles. The van der Waals surface area contributed by atoms with Crippen LogP contribution in [0.25, 0.3) is 16.8 Å². The lowest BCUT2D eigenvalue weighted by molar-refractivity contribution is -0.00515. The van der Waals surface area contributed by atoms with Crippen LogP contribution in [0.4, 0.5) is 5.69 Å². The summed E-state index contributed by atoms with van der Waals surface area (Å²) in [5, 5.41) is 2.45. The Kier molecular flexibility index (Phi) is 5.76. The number of anilines is 1. The van der Waals surface area contributed by atoms with Crippen molar-refractivity contribution in [2.45, 2.75) is 64.4 Å². The van der Waals surface area contributed by atoms with Crippen LogP contribution in [0.3, 0.4) is 0 Å². The third-order valence-electron chi connectivity index (χ3n) is 8.52. The van der Waals surface area contributed by atoms with Crippen LogP contribution in [-0.2, 0) is 16.8 Å². The molecule has 0 spiro atoms. The lowest BCUT2D eigenvalue weighted by Crippen LogP contribution is -2.45. The van der Waals surface area contributed by atoms with Gasteiger partial charge in [0.25, 0.3) is 0 Å². The van der Waals surface area contributed by atoms with E-state index in [-0.39, 0.29) is 17.8 Å². The molecule has 0 radical (unpaired) electrons. The lowest BCUT2D eigenvalue weighted by Gasteiger charge is -2.40. The zero-order valence-corrected chi connectivity index (χ0v) is 24.0. The predicted molar refractivity (Wildman–Crippen MR) is 163 cm³/mol. The fraction of sp³-hybridized carbons (Fsp3) is 0.333. The van der Waals surface area contributed by atoms with Crippen molar-refractivity contribution in [1.29, 1.82) is 0 Å². The average Bonchev–Trinajstić information content (AvgIpc) is 3.26. The molecule has 1 saturated heterocycles. The van der Waals surface area contributed by atoms with Gasteiger partial charge in [0.05, 0.1) is 12.2 Å². The fourth-order valence-corrected chi connectivity index (χ4v) is 6.93. The quantitative estimate of drug-likeness (QED) is 0.270. The zero-order chi connectivity index (χ0) is 27.6. The molecule has 3 heterocycles. The summed E-state index contributed by atoms with van der Waals surface area (Å²) in [5.41, 5.74) is 5.99. The Hall–Kier alpha value is -3.76. The van der Waals surface area contributed by atoms with Crippen LogP contribution in [0.15, 0.2) is 78.9 Å². The normalized spacial score (nSPS) is 24.8. The van der Waals surface area contributed by atoms with Gasteiger partial charge in [-0.15, -0.1) is 0 Å². The summed E-state index contributed by atoms with van der Waals surface area (Å²) >= 11 is 0. The highest BCUT2D eigenvalue weighted by Crippen LogP contribution is 2.49. The summed E-state index contributed by atoms with van der Waals surface area (Å²) in [7, 11) is 0. The van der Waals surface area contributed by atoms with Crippen LogP contribution in [0, 0.1) is 6.92 Å². The minimum Gasteiger partial charge on any atom is -0.487 e. The number of aryl methyl sites for hydroxylation is 1. The molecule has 40 heavy (non-hydrogen) atoms. The summed E-state index contributed by atoms with van der Waals surface area (Å²) in [4.78, 5) is 2.46. The first kappa shape index (κ1) is 25.2. The standard InChI is InChI=1S/C36H37NO3/c1-23-17-28(18-26-20-35(4,5)40-34(23)26)36(27-11-7-6-8-12-27)16-15-31-29-13-9-10-14-30(29)32(19-33(31)39-36)37-21-24(2)38-25(3)22-37/h6-19,24-25H,20-22H2,1-5H3. The van der Waals surface area contributed by atoms with E-state index in [4.69, 9.17) is 14.2 Å². The highest BCUT2D eigenvalue weighted by Gasteiger charge is 2.41. The largest absolute Gasteiger partial charge is 0.487 e. The van der Waals surface area contributed by atoms with Crippen molar-refractivity contribution in [3.05, 3.63) is 107 Å². The molecule has 4 aromatic rings. The summed E-state index contributed by atoms with van der Waals surface area (Å²) in [6, 6.07) is 26.1. The van der Waals surface area contributed by atoms with Crippen molar-refractivity contribution in [2.75, 3.05) is 18.0 Å². The van der Waals surface area contributed by atoms with Gasteiger partial charge in [-0.25, -0.2) is 0 Å².